The van der Waals surface area contributed by atoms with Crippen LogP contribution in [0.2, 0.25) is 0 Å². The lowest BCUT2D eigenvalue weighted by atomic mass is 9.78. The first kappa shape index (κ1) is 14.3. The zero-order chi connectivity index (χ0) is 13.1. The zero-order valence-electron chi connectivity index (χ0n) is 12.6. The zero-order valence-corrected chi connectivity index (χ0v) is 12.6. The first-order chi connectivity index (χ1) is 8.61. The Morgan fingerprint density at radius 1 is 1.17 bits per heavy atom. The van der Waals surface area contributed by atoms with E-state index in [1.54, 1.807) is 0 Å². The molecular weight excluding hydrogens is 220 g/mol. The Kier molecular flexibility index (Phi) is 5.08. The Bertz CT molecular complexity index is 247. The van der Waals surface area contributed by atoms with Gasteiger partial charge < -0.3 is 5.73 Å². The summed E-state index contributed by atoms with van der Waals surface area (Å²) in [4.78, 5) is 2.84. The molecule has 2 heteroatoms. The normalized spacial score (nSPS) is 33.3. The van der Waals surface area contributed by atoms with Gasteiger partial charge in [0, 0.05) is 12.1 Å². The van der Waals surface area contributed by atoms with E-state index in [4.69, 9.17) is 5.73 Å². The molecular formula is C16H32N2. The molecule has 2 aliphatic rings. The van der Waals surface area contributed by atoms with Gasteiger partial charge in [-0.3, -0.25) is 4.90 Å². The molecule has 106 valence electrons. The number of rotatable bonds is 6. The van der Waals surface area contributed by atoms with Crippen molar-refractivity contribution in [2.45, 2.75) is 71.4 Å². The number of hydrogen-bond donors (Lipinski definition) is 1. The van der Waals surface area contributed by atoms with Crippen molar-refractivity contribution in [1.82, 2.24) is 4.90 Å². The van der Waals surface area contributed by atoms with Gasteiger partial charge in [0.05, 0.1) is 0 Å². The van der Waals surface area contributed by atoms with Crippen LogP contribution in [-0.2, 0) is 0 Å². The standard InChI is InChI=1S/C16H32N2/c1-12(2)8-9-18(15-6-7-15)16-10-13(3)4-5-14(16)11-17/h12-16H,4-11,17H2,1-3H3. The van der Waals surface area contributed by atoms with Crippen molar-refractivity contribution in [2.24, 2.45) is 23.5 Å². The van der Waals surface area contributed by atoms with Gasteiger partial charge in [-0.15, -0.1) is 0 Å². The Morgan fingerprint density at radius 3 is 2.44 bits per heavy atom. The molecule has 3 unspecified atom stereocenters. The number of hydrogen-bond acceptors (Lipinski definition) is 2. The van der Waals surface area contributed by atoms with E-state index in [1.165, 1.54) is 45.1 Å². The van der Waals surface area contributed by atoms with E-state index in [9.17, 15) is 0 Å². The van der Waals surface area contributed by atoms with Crippen molar-refractivity contribution in [3.05, 3.63) is 0 Å². The van der Waals surface area contributed by atoms with Gasteiger partial charge in [-0.05, 0) is 62.9 Å². The van der Waals surface area contributed by atoms with Crippen LogP contribution in [0.25, 0.3) is 0 Å². The minimum atomic E-state index is 0.758. The molecule has 0 bridgehead atoms. The second-order valence-electron chi connectivity index (χ2n) is 7.13. The molecule has 0 spiro atoms. The molecule has 2 saturated carbocycles. The van der Waals surface area contributed by atoms with E-state index in [2.05, 4.69) is 25.7 Å². The van der Waals surface area contributed by atoms with Crippen LogP contribution in [0.3, 0.4) is 0 Å². The van der Waals surface area contributed by atoms with Crippen molar-refractivity contribution < 1.29 is 0 Å². The summed E-state index contributed by atoms with van der Waals surface area (Å²) in [6.07, 6.45) is 8.34. The maximum atomic E-state index is 6.03. The minimum Gasteiger partial charge on any atom is -0.330 e. The Hall–Kier alpha value is -0.0800. The molecule has 2 fully saturated rings. The van der Waals surface area contributed by atoms with E-state index < -0.39 is 0 Å². The highest BCUT2D eigenvalue weighted by Gasteiger charge is 2.39. The molecule has 0 aromatic heterocycles. The third-order valence-corrected chi connectivity index (χ3v) is 4.93. The molecule has 2 rings (SSSR count). The fourth-order valence-corrected chi connectivity index (χ4v) is 3.53. The molecule has 2 aliphatic carbocycles. The van der Waals surface area contributed by atoms with Gasteiger partial charge in [0.25, 0.3) is 0 Å². The maximum Gasteiger partial charge on any atom is 0.0141 e. The highest BCUT2D eigenvalue weighted by atomic mass is 15.2. The van der Waals surface area contributed by atoms with Crippen molar-refractivity contribution in [3.63, 3.8) is 0 Å². The maximum absolute atomic E-state index is 6.03. The molecule has 0 saturated heterocycles. The van der Waals surface area contributed by atoms with Gasteiger partial charge in [0.15, 0.2) is 0 Å². The van der Waals surface area contributed by atoms with Gasteiger partial charge in [-0.2, -0.15) is 0 Å². The average molecular weight is 252 g/mol. The molecule has 2 N–H and O–H groups in total. The van der Waals surface area contributed by atoms with Gasteiger partial charge in [0.2, 0.25) is 0 Å². The van der Waals surface area contributed by atoms with Gasteiger partial charge in [0.1, 0.15) is 0 Å². The highest BCUT2D eigenvalue weighted by molar-refractivity contribution is 4.94. The van der Waals surface area contributed by atoms with E-state index in [1.807, 2.05) is 0 Å². The summed E-state index contributed by atoms with van der Waals surface area (Å²) in [5.74, 6) is 2.48. The van der Waals surface area contributed by atoms with Crippen LogP contribution in [0.4, 0.5) is 0 Å². The fraction of sp³-hybridized carbons (Fsp3) is 1.00. The van der Waals surface area contributed by atoms with Crippen LogP contribution >= 0.6 is 0 Å². The first-order valence-electron chi connectivity index (χ1n) is 8.07. The van der Waals surface area contributed by atoms with E-state index in [0.717, 1.165) is 36.4 Å². The van der Waals surface area contributed by atoms with Crippen LogP contribution < -0.4 is 5.73 Å². The minimum absolute atomic E-state index is 0.758. The quantitative estimate of drug-likeness (QED) is 0.786. The van der Waals surface area contributed by atoms with Crippen molar-refractivity contribution in [3.8, 4) is 0 Å². The van der Waals surface area contributed by atoms with Crippen LogP contribution in [-0.4, -0.2) is 30.1 Å². The summed E-state index contributed by atoms with van der Waals surface area (Å²) in [5.41, 5.74) is 6.03. The number of nitrogens with two attached hydrogens (primary N) is 1. The summed E-state index contributed by atoms with van der Waals surface area (Å²) in [5, 5.41) is 0. The largest absolute Gasteiger partial charge is 0.330 e. The summed E-state index contributed by atoms with van der Waals surface area (Å²) in [6, 6.07) is 1.68. The molecule has 0 aromatic carbocycles. The molecule has 0 radical (unpaired) electrons. The second-order valence-corrected chi connectivity index (χ2v) is 7.13. The van der Waals surface area contributed by atoms with Gasteiger partial charge in [-0.1, -0.05) is 27.2 Å². The Morgan fingerprint density at radius 2 is 1.89 bits per heavy atom. The summed E-state index contributed by atoms with van der Waals surface area (Å²) in [7, 11) is 0. The van der Waals surface area contributed by atoms with Gasteiger partial charge >= 0.3 is 0 Å². The predicted octanol–water partition coefficient (Wildman–Crippen LogP) is 3.26. The summed E-state index contributed by atoms with van der Waals surface area (Å²) >= 11 is 0. The van der Waals surface area contributed by atoms with Crippen molar-refractivity contribution in [2.75, 3.05) is 13.1 Å². The van der Waals surface area contributed by atoms with Crippen LogP contribution in [0, 0.1) is 17.8 Å². The van der Waals surface area contributed by atoms with E-state index in [-0.39, 0.29) is 0 Å². The average Bonchev–Trinajstić information content (AvgIpc) is 3.14. The van der Waals surface area contributed by atoms with Gasteiger partial charge in [-0.25, -0.2) is 0 Å². The second kappa shape index (κ2) is 6.38. The fourth-order valence-electron chi connectivity index (χ4n) is 3.53. The molecule has 18 heavy (non-hydrogen) atoms. The highest BCUT2D eigenvalue weighted by Crippen LogP contribution is 2.38. The molecule has 3 atom stereocenters. The molecule has 2 nitrogen and oxygen atoms in total. The van der Waals surface area contributed by atoms with Crippen molar-refractivity contribution in [1.29, 1.82) is 0 Å². The van der Waals surface area contributed by atoms with Crippen LogP contribution in [0.5, 0.6) is 0 Å². The Labute approximate surface area is 113 Å². The predicted molar refractivity (Wildman–Crippen MR) is 78.5 cm³/mol. The molecule has 0 aromatic rings. The number of nitrogens with zero attached hydrogens (tertiary/aromatic N) is 1. The lowest BCUT2D eigenvalue weighted by Gasteiger charge is -2.42. The smallest absolute Gasteiger partial charge is 0.0141 e. The first-order valence-corrected chi connectivity index (χ1v) is 8.07. The lowest BCUT2D eigenvalue weighted by Crippen LogP contribution is -2.48. The Balaban J connectivity index is 1.97. The van der Waals surface area contributed by atoms with Crippen LogP contribution in [0.15, 0.2) is 0 Å². The van der Waals surface area contributed by atoms with Crippen LogP contribution in [0.1, 0.15) is 59.3 Å². The summed E-state index contributed by atoms with van der Waals surface area (Å²) in [6.45, 7) is 9.30. The van der Waals surface area contributed by atoms with Crippen molar-refractivity contribution >= 4 is 0 Å². The lowest BCUT2D eigenvalue weighted by molar-refractivity contribution is 0.0749. The SMILES string of the molecule is CC(C)CCN(C1CC1)C1CC(C)CCC1CN. The third-order valence-electron chi connectivity index (χ3n) is 4.93. The monoisotopic (exact) mass is 252 g/mol. The molecule has 0 aliphatic heterocycles. The van der Waals surface area contributed by atoms with E-state index in [0.29, 0.717) is 0 Å². The molecule has 0 amide bonds. The molecule has 0 heterocycles. The van der Waals surface area contributed by atoms with E-state index >= 15 is 0 Å². The summed E-state index contributed by atoms with van der Waals surface area (Å²) < 4.78 is 0. The third kappa shape index (κ3) is 3.71. The topological polar surface area (TPSA) is 29.3 Å².